The highest BCUT2D eigenvalue weighted by Crippen LogP contribution is 2.46. The van der Waals surface area contributed by atoms with Crippen LogP contribution in [0.25, 0.3) is 269 Å². The first-order chi connectivity index (χ1) is 59.4. The third kappa shape index (κ3) is 9.56. The van der Waals surface area contributed by atoms with Gasteiger partial charge in [-0.3, -0.25) is 13.2 Å². The van der Waals surface area contributed by atoms with Gasteiger partial charge < -0.3 is 4.42 Å². The van der Waals surface area contributed by atoms with E-state index in [1.807, 2.05) is 122 Å². The number of benzene rings is 15. The van der Waals surface area contributed by atoms with Crippen molar-refractivity contribution in [2.24, 2.45) is 0 Å². The number of oxazole rings is 1. The van der Waals surface area contributed by atoms with E-state index >= 15 is 0 Å². The molecule has 0 aliphatic carbocycles. The Labute approximate surface area is 683 Å². The van der Waals surface area contributed by atoms with Crippen LogP contribution in [0.15, 0.2) is 309 Å². The van der Waals surface area contributed by atoms with E-state index < -0.39 is 0 Å². The van der Waals surface area contributed by atoms with Gasteiger partial charge in [0.25, 0.3) is 0 Å². The summed E-state index contributed by atoms with van der Waals surface area (Å²) >= 11 is 3.33. The fourth-order valence-corrected chi connectivity index (χ4v) is 20.1. The second kappa shape index (κ2) is 24.7. The molecule has 554 valence electrons. The highest BCUT2D eigenvalue weighted by Gasteiger charge is 2.27. The fraction of sp³-hybridized carbons (Fsp3) is 0. The van der Waals surface area contributed by atoms with Crippen LogP contribution in [0.3, 0.4) is 0 Å². The summed E-state index contributed by atoms with van der Waals surface area (Å²) in [7, 11) is 0. The van der Waals surface area contributed by atoms with Crippen molar-refractivity contribution in [3.05, 3.63) is 304 Å². The Bertz CT molecular complexity index is 9250. The smallest absolute Gasteiger partial charge is 0.307 e. The van der Waals surface area contributed by atoms with E-state index in [2.05, 4.69) is 195 Å². The molecule has 0 bridgehead atoms. The zero-order valence-electron chi connectivity index (χ0n) is 62.6. The Hall–Kier alpha value is -16.2. The molecule has 0 radical (unpaired) electrons. The molecule has 0 unspecified atom stereocenters. The molecule has 12 heterocycles. The first-order valence-electron chi connectivity index (χ1n) is 39.2. The van der Waals surface area contributed by atoms with E-state index in [0.717, 1.165) is 206 Å². The second-order valence-electron chi connectivity index (χ2n) is 30.3. The second-order valence-corrected chi connectivity index (χ2v) is 32.3. The normalized spacial score (nSPS) is 12.3. The van der Waals surface area contributed by atoms with Crippen LogP contribution in [-0.4, -0.2) is 88.0 Å². The maximum atomic E-state index is 6.90. The summed E-state index contributed by atoms with van der Waals surface area (Å²) in [5.74, 6) is 3.73. The zero-order chi connectivity index (χ0) is 78.1. The van der Waals surface area contributed by atoms with Gasteiger partial charge in [0.15, 0.2) is 50.5 Å². The van der Waals surface area contributed by atoms with Gasteiger partial charge >= 0.3 is 5.84 Å². The molecule has 27 aromatic rings. The van der Waals surface area contributed by atoms with E-state index in [1.54, 1.807) is 22.7 Å². The van der Waals surface area contributed by atoms with Crippen molar-refractivity contribution in [3.8, 4) is 90.6 Å². The predicted octanol–water partition coefficient (Wildman–Crippen LogP) is 23.7. The maximum Gasteiger partial charge on any atom is 0.307 e. The molecule has 0 saturated carbocycles. The van der Waals surface area contributed by atoms with E-state index in [1.165, 1.54) is 0 Å². The van der Waals surface area contributed by atoms with E-state index in [9.17, 15) is 0 Å². The molecule has 0 N–H and O–H groups in total. The molecule has 27 rings (SSSR count). The molecule has 0 spiro atoms. The molecule has 12 aromatic heterocycles. The highest BCUT2D eigenvalue weighted by molar-refractivity contribution is 7.24. The molecular formula is C99H50N18OS2. The monoisotopic (exact) mass is 1570 g/mol. The molecule has 120 heavy (non-hydrogen) atoms. The van der Waals surface area contributed by atoms with Gasteiger partial charge in [-0.2, -0.15) is 4.98 Å². The predicted molar refractivity (Wildman–Crippen MR) is 480 cm³/mol. The highest BCUT2D eigenvalue weighted by atomic mass is 32.1. The SMILES string of the molecule is c1ccc(-c2ncc3c4ccccc4c4cnc(-c5cc(-c6cccc(-c7ncc8c9ccccc9c9cnc(-c%10cc(-c%11cccc(-c%12ncc%13c%14ccccc%14c%14cnc(-c%15ccc%16sc%17nc%18ccccc%18n%17c%16c%15)nc%14c%13n%12)c%11)c%11nc%12sc%13ccccc%13n%12c%11c%10)nc9c8n7)c6)c6oc7nc8ccccc8n7c6c5)nc4c3n2)cc1. The van der Waals surface area contributed by atoms with Crippen molar-refractivity contribution in [1.29, 1.82) is 0 Å². The van der Waals surface area contributed by atoms with E-state index in [0.29, 0.717) is 62.9 Å². The molecule has 21 heteroatoms. The van der Waals surface area contributed by atoms with Gasteiger partial charge in [-0.1, -0.05) is 199 Å². The minimum atomic E-state index is 0.460. The summed E-state index contributed by atoms with van der Waals surface area (Å²) in [5.41, 5.74) is 21.7. The molecule has 19 nitrogen and oxygen atoms in total. The lowest BCUT2D eigenvalue weighted by molar-refractivity contribution is 0.644. The van der Waals surface area contributed by atoms with Crippen LogP contribution in [0, 0.1) is 0 Å². The van der Waals surface area contributed by atoms with Gasteiger partial charge in [0.1, 0.15) is 33.1 Å². The van der Waals surface area contributed by atoms with Crippen molar-refractivity contribution >= 4 is 201 Å². The van der Waals surface area contributed by atoms with Crippen molar-refractivity contribution in [1.82, 2.24) is 88.0 Å². The summed E-state index contributed by atoms with van der Waals surface area (Å²) in [6.45, 7) is 0. The molecule has 0 saturated heterocycles. The molecule has 0 aliphatic rings. The molecular weight excluding hydrogens is 1520 g/mol. The van der Waals surface area contributed by atoms with Crippen LogP contribution < -0.4 is 0 Å². The lowest BCUT2D eigenvalue weighted by Gasteiger charge is -2.13. The summed E-state index contributed by atoms with van der Waals surface area (Å²) in [4.78, 5) is 81.0. The minimum absolute atomic E-state index is 0.460. The number of para-hydroxylation sites is 5. The summed E-state index contributed by atoms with van der Waals surface area (Å²) in [6, 6.07) is 91.5. The third-order valence-corrected chi connectivity index (χ3v) is 25.6. The number of hydrogen-bond acceptors (Lipinski definition) is 18. The quantitative estimate of drug-likeness (QED) is 0.129. The molecule has 0 atom stereocenters. The Kier molecular flexibility index (Phi) is 13.4. The Balaban J connectivity index is 0.602. The molecule has 0 fully saturated rings. The average Bonchev–Trinajstić information content (AvgIpc) is 1.18. The average molecular weight is 1570 g/mol. The molecule has 0 amide bonds. The summed E-state index contributed by atoms with van der Waals surface area (Å²) in [6.07, 6.45) is 11.6. The van der Waals surface area contributed by atoms with Crippen LogP contribution in [0.4, 0.5) is 0 Å². The van der Waals surface area contributed by atoms with Crippen LogP contribution in [0.2, 0.25) is 0 Å². The Morgan fingerprint density at radius 2 is 0.583 bits per heavy atom. The van der Waals surface area contributed by atoms with Gasteiger partial charge in [0.05, 0.1) is 59.1 Å². The van der Waals surface area contributed by atoms with Gasteiger partial charge in [-0.15, -0.1) is 0 Å². The van der Waals surface area contributed by atoms with Crippen molar-refractivity contribution in [2.75, 3.05) is 0 Å². The Morgan fingerprint density at radius 3 is 1.11 bits per heavy atom. The zero-order valence-corrected chi connectivity index (χ0v) is 64.3. The van der Waals surface area contributed by atoms with Gasteiger partial charge in [0.2, 0.25) is 0 Å². The number of thiazole rings is 2. The van der Waals surface area contributed by atoms with E-state index in [-0.39, 0.29) is 0 Å². The number of nitrogens with zero attached hydrogens (tertiary/aromatic N) is 18. The largest absolute Gasteiger partial charge is 0.422 e. The molecule has 15 aromatic carbocycles. The van der Waals surface area contributed by atoms with Crippen molar-refractivity contribution < 1.29 is 4.42 Å². The van der Waals surface area contributed by atoms with Crippen LogP contribution in [0.5, 0.6) is 0 Å². The van der Waals surface area contributed by atoms with Gasteiger partial charge in [-0.25, -0.2) is 69.8 Å². The van der Waals surface area contributed by atoms with Crippen molar-refractivity contribution in [3.63, 3.8) is 0 Å². The van der Waals surface area contributed by atoms with E-state index in [4.69, 9.17) is 79.2 Å². The topological polar surface area (TPSA) is 220 Å². The number of rotatable bonds is 8. The fourth-order valence-electron chi connectivity index (χ4n) is 18.1. The van der Waals surface area contributed by atoms with Gasteiger partial charge in [-0.05, 0) is 134 Å². The number of hydrogen-bond donors (Lipinski definition) is 0. The van der Waals surface area contributed by atoms with Crippen molar-refractivity contribution in [2.45, 2.75) is 0 Å². The summed E-state index contributed by atoms with van der Waals surface area (Å²) < 4.78 is 15.7. The first kappa shape index (κ1) is 65.1. The van der Waals surface area contributed by atoms with Crippen LogP contribution in [-0.2, 0) is 0 Å². The lowest BCUT2D eigenvalue weighted by Crippen LogP contribution is -1.98. The molecule has 0 aliphatic heterocycles. The number of fused-ring (bicyclic) bond motifs is 33. The number of aromatic nitrogens is 18. The third-order valence-electron chi connectivity index (χ3n) is 23.6. The minimum Gasteiger partial charge on any atom is -0.422 e. The lowest BCUT2D eigenvalue weighted by atomic mass is 9.98. The summed E-state index contributed by atoms with van der Waals surface area (Å²) in [5, 5.41) is 11.3. The maximum absolute atomic E-state index is 6.90. The standard InChI is InChI=1S/C99H50N18OS2/c1-2-18-51(19-3-1)91-100-45-67-59-24-4-8-28-63(59)71-50-105-96(113-88(71)84(67)108-91)58-41-66(90-80(44-58)115-75-32-12-10-30-73(75)106-97(115)118-90)53-21-17-23-55(39-53)93-102-47-69-62-27-7-9-29-64(62)72-49-104-95(112-89(72)87(69)110-93)57-40-65(83-79(43-57)117-77-34-14-15-35-81(77)119-99(117)114-83)52-20-16-22-54(38-52)92-101-46-68-60-25-5-6-26-61(60)70-48-103-94(111-86(70)85(68)109-92)56-36-37-82-78(42-56)116-76-33-13-11-31-74(76)107-98(116)120-82/h1-50H. The van der Waals surface area contributed by atoms with Crippen LogP contribution in [0.1, 0.15) is 0 Å². The number of imidazole rings is 3. The first-order valence-corrected chi connectivity index (χ1v) is 40.8. The van der Waals surface area contributed by atoms with Gasteiger partial charge in [0, 0.05) is 114 Å². The van der Waals surface area contributed by atoms with Crippen LogP contribution >= 0.6 is 22.7 Å². The Morgan fingerprint density at radius 1 is 0.217 bits per heavy atom.